The zero-order valence-corrected chi connectivity index (χ0v) is 16.1. The van der Waals surface area contributed by atoms with Gasteiger partial charge in [-0.15, -0.1) is 0 Å². The molecule has 1 heterocycles. The van der Waals surface area contributed by atoms with E-state index in [1.807, 2.05) is 13.8 Å². The average molecular weight is 410 g/mol. The van der Waals surface area contributed by atoms with Crippen LogP contribution < -0.4 is 0 Å². The van der Waals surface area contributed by atoms with Gasteiger partial charge in [-0.1, -0.05) is 26.0 Å². The van der Waals surface area contributed by atoms with Crippen LogP contribution in [-0.4, -0.2) is 61.0 Å². The fourth-order valence-corrected chi connectivity index (χ4v) is 4.48. The van der Waals surface area contributed by atoms with Gasteiger partial charge in [-0.25, -0.2) is 8.42 Å². The lowest BCUT2D eigenvalue weighted by Crippen LogP contribution is -2.51. The number of piperazine rings is 1. The summed E-state index contributed by atoms with van der Waals surface area (Å²) < 4.78 is 63.1. The number of carbonyl (C=O) groups is 1. The monoisotopic (exact) mass is 410 g/mol. The van der Waals surface area contributed by atoms with Crippen LogP contribution in [0.5, 0.6) is 0 Å². The largest absolute Gasteiger partial charge is 0.442 e. The molecule has 26 heavy (non-hydrogen) atoms. The van der Waals surface area contributed by atoms with E-state index in [2.05, 4.69) is 0 Å². The Kier molecular flexibility index (Phi) is 6.62. The summed E-state index contributed by atoms with van der Waals surface area (Å²) in [4.78, 5) is 13.3. The summed E-state index contributed by atoms with van der Waals surface area (Å²) in [5.41, 5.74) is -3.43. The van der Waals surface area contributed by atoms with E-state index < -0.39 is 27.2 Å². The summed E-state index contributed by atoms with van der Waals surface area (Å²) in [5, 5.41) is 0. The number of hydrogen-bond donors (Lipinski definition) is 0. The third-order valence-corrected chi connectivity index (χ3v) is 6.77. The summed E-state index contributed by atoms with van der Waals surface area (Å²) >= 11 is -0.381. The number of amides is 1. The highest BCUT2D eigenvalue weighted by Gasteiger charge is 2.33. The van der Waals surface area contributed by atoms with E-state index in [4.69, 9.17) is 0 Å². The van der Waals surface area contributed by atoms with Gasteiger partial charge < -0.3 is 4.90 Å². The number of halogens is 3. The number of nitrogens with zero attached hydrogens (tertiary/aromatic N) is 2. The van der Waals surface area contributed by atoms with Crippen molar-refractivity contribution >= 4 is 27.7 Å². The quantitative estimate of drug-likeness (QED) is 0.749. The van der Waals surface area contributed by atoms with Crippen molar-refractivity contribution in [1.29, 1.82) is 0 Å². The van der Waals surface area contributed by atoms with Crippen molar-refractivity contribution < 1.29 is 26.4 Å². The Bertz CT molecular complexity index is 726. The average Bonchev–Trinajstić information content (AvgIpc) is 2.59. The maximum absolute atomic E-state index is 12.7. The Hall–Kier alpha value is -1.26. The topological polar surface area (TPSA) is 57.7 Å². The van der Waals surface area contributed by atoms with Gasteiger partial charge in [0.15, 0.2) is 0 Å². The molecule has 0 aromatic heterocycles. The van der Waals surface area contributed by atoms with Crippen LogP contribution in [0.2, 0.25) is 0 Å². The molecule has 0 aliphatic carbocycles. The number of rotatable bonds is 5. The molecule has 1 saturated heterocycles. The molecular formula is C16H21F3N2O3S2. The third-order valence-electron chi connectivity index (χ3n) is 4.14. The first kappa shape index (κ1) is 21.0. The van der Waals surface area contributed by atoms with Crippen LogP contribution in [0.1, 0.15) is 25.3 Å². The van der Waals surface area contributed by atoms with E-state index in [1.54, 1.807) is 24.3 Å². The van der Waals surface area contributed by atoms with Gasteiger partial charge in [-0.2, -0.15) is 17.5 Å². The number of thioether (sulfide) groups is 1. The molecule has 0 radical (unpaired) electrons. The van der Waals surface area contributed by atoms with Crippen molar-refractivity contribution in [2.24, 2.45) is 0 Å². The van der Waals surface area contributed by atoms with E-state index in [1.165, 1.54) is 9.21 Å². The zero-order valence-electron chi connectivity index (χ0n) is 14.5. The maximum atomic E-state index is 12.7. The Labute approximate surface area is 155 Å². The normalized spacial score (nSPS) is 16.9. The minimum Gasteiger partial charge on any atom is -0.339 e. The molecule has 1 aromatic rings. The molecule has 0 atom stereocenters. The predicted molar refractivity (Wildman–Crippen MR) is 94.4 cm³/mol. The van der Waals surface area contributed by atoms with Crippen LogP contribution >= 0.6 is 11.8 Å². The van der Waals surface area contributed by atoms with Crippen molar-refractivity contribution in [2.75, 3.05) is 31.9 Å². The fourth-order valence-electron chi connectivity index (χ4n) is 2.59. The molecule has 10 heteroatoms. The van der Waals surface area contributed by atoms with Crippen molar-refractivity contribution in [3.8, 4) is 0 Å². The van der Waals surface area contributed by atoms with Gasteiger partial charge in [0, 0.05) is 26.2 Å². The molecule has 1 aromatic carbocycles. The maximum Gasteiger partial charge on any atom is 0.442 e. The minimum atomic E-state index is -4.46. The lowest BCUT2D eigenvalue weighted by Gasteiger charge is -2.34. The van der Waals surface area contributed by atoms with Gasteiger partial charge in [-0.3, -0.25) is 4.79 Å². The van der Waals surface area contributed by atoms with Crippen molar-refractivity contribution in [3.63, 3.8) is 0 Å². The molecule has 1 aliphatic rings. The van der Waals surface area contributed by atoms with Crippen LogP contribution in [0.3, 0.4) is 0 Å². The van der Waals surface area contributed by atoms with Gasteiger partial charge in [0.05, 0.1) is 10.6 Å². The van der Waals surface area contributed by atoms with Crippen molar-refractivity contribution in [2.45, 2.75) is 30.2 Å². The van der Waals surface area contributed by atoms with Gasteiger partial charge in [0.2, 0.25) is 15.9 Å². The number of sulfonamides is 1. The molecule has 1 amide bonds. The summed E-state index contributed by atoms with van der Waals surface area (Å²) in [6, 6.07) is 6.65. The second-order valence-corrected chi connectivity index (χ2v) is 9.22. The van der Waals surface area contributed by atoms with Gasteiger partial charge in [0.1, 0.15) is 0 Å². The van der Waals surface area contributed by atoms with E-state index >= 15 is 0 Å². The van der Waals surface area contributed by atoms with Crippen LogP contribution in [0.15, 0.2) is 29.2 Å². The molecule has 1 aliphatic heterocycles. The molecule has 1 fully saturated rings. The second-order valence-electron chi connectivity index (χ2n) is 6.24. The van der Waals surface area contributed by atoms with Crippen molar-refractivity contribution in [1.82, 2.24) is 9.21 Å². The van der Waals surface area contributed by atoms with E-state index in [-0.39, 0.29) is 48.8 Å². The Morgan fingerprint density at radius 3 is 2.12 bits per heavy atom. The molecule has 2 rings (SSSR count). The highest BCUT2D eigenvalue weighted by atomic mass is 32.2. The molecule has 146 valence electrons. The first-order valence-electron chi connectivity index (χ1n) is 8.09. The smallest absolute Gasteiger partial charge is 0.339 e. The summed E-state index contributed by atoms with van der Waals surface area (Å²) in [6.07, 6.45) is 0. The first-order valence-corrected chi connectivity index (χ1v) is 10.5. The fraction of sp³-hybridized carbons (Fsp3) is 0.562. The first-order chi connectivity index (χ1) is 12.0. The molecular weight excluding hydrogens is 389 g/mol. The van der Waals surface area contributed by atoms with Crippen LogP contribution in [0.4, 0.5) is 13.2 Å². The molecule has 0 bridgehead atoms. The Balaban J connectivity index is 1.96. The highest BCUT2D eigenvalue weighted by Crippen LogP contribution is 2.30. The Morgan fingerprint density at radius 2 is 1.65 bits per heavy atom. The molecule has 0 unspecified atom stereocenters. The second kappa shape index (κ2) is 8.18. The standard InChI is InChI=1S/C16H21F3N2O3S2/c1-12(2)13-3-5-14(6-4-13)26(23,24)21-9-7-20(8-10-21)15(22)11-25-16(17,18)19/h3-6,12H,7-11H2,1-2H3. The number of benzene rings is 1. The lowest BCUT2D eigenvalue weighted by molar-refractivity contribution is -0.129. The van der Waals surface area contributed by atoms with E-state index in [9.17, 15) is 26.4 Å². The molecule has 0 spiro atoms. The highest BCUT2D eigenvalue weighted by molar-refractivity contribution is 8.00. The zero-order chi connectivity index (χ0) is 19.5. The molecule has 5 nitrogen and oxygen atoms in total. The molecule has 0 saturated carbocycles. The summed E-state index contributed by atoms with van der Waals surface area (Å²) in [7, 11) is -3.68. The van der Waals surface area contributed by atoms with Crippen LogP contribution in [0.25, 0.3) is 0 Å². The van der Waals surface area contributed by atoms with E-state index in [0.717, 1.165) is 5.56 Å². The van der Waals surface area contributed by atoms with Gasteiger partial charge in [0.25, 0.3) is 0 Å². The molecule has 0 N–H and O–H groups in total. The SMILES string of the molecule is CC(C)c1ccc(S(=O)(=O)N2CCN(C(=O)CSC(F)(F)F)CC2)cc1. The number of alkyl halides is 3. The minimum absolute atomic E-state index is 0.0662. The summed E-state index contributed by atoms with van der Waals surface area (Å²) in [6.45, 7) is 4.32. The van der Waals surface area contributed by atoms with Gasteiger partial charge in [-0.05, 0) is 35.4 Å². The van der Waals surface area contributed by atoms with Crippen LogP contribution in [0, 0.1) is 0 Å². The van der Waals surface area contributed by atoms with Gasteiger partial charge >= 0.3 is 5.51 Å². The lowest BCUT2D eigenvalue weighted by atomic mass is 10.0. The van der Waals surface area contributed by atoms with E-state index in [0.29, 0.717) is 0 Å². The summed E-state index contributed by atoms with van der Waals surface area (Å²) in [5.74, 6) is -1.03. The Morgan fingerprint density at radius 1 is 1.12 bits per heavy atom. The van der Waals surface area contributed by atoms with Crippen molar-refractivity contribution in [3.05, 3.63) is 29.8 Å². The number of carbonyl (C=O) groups excluding carboxylic acids is 1. The predicted octanol–water partition coefficient (Wildman–Crippen LogP) is 2.90. The third kappa shape index (κ3) is 5.37. The number of hydrogen-bond acceptors (Lipinski definition) is 4. The van der Waals surface area contributed by atoms with Crippen LogP contribution in [-0.2, 0) is 14.8 Å².